The van der Waals surface area contributed by atoms with Gasteiger partial charge in [0.05, 0.1) is 17.9 Å². The number of amides is 1. The lowest BCUT2D eigenvalue weighted by molar-refractivity contribution is -0.119. The van der Waals surface area contributed by atoms with Crippen molar-refractivity contribution in [3.05, 3.63) is 28.8 Å². The first-order valence-electron chi connectivity index (χ1n) is 5.67. The average molecular weight is 306 g/mol. The van der Waals surface area contributed by atoms with Crippen LogP contribution in [0.1, 0.15) is 18.4 Å². The molecule has 5 nitrogen and oxygen atoms in total. The maximum absolute atomic E-state index is 11.2. The van der Waals surface area contributed by atoms with Crippen LogP contribution in [0.4, 0.5) is 0 Å². The van der Waals surface area contributed by atoms with Crippen LogP contribution < -0.4 is 9.46 Å². The van der Waals surface area contributed by atoms with Gasteiger partial charge in [-0.25, -0.2) is 8.42 Å². The summed E-state index contributed by atoms with van der Waals surface area (Å²) in [6.07, 6.45) is 1.43. The summed E-state index contributed by atoms with van der Waals surface area (Å²) in [5.74, 6) is 0.0110. The Morgan fingerprint density at radius 3 is 2.68 bits per heavy atom. The number of hydrogen-bond donors (Lipinski definition) is 1. The van der Waals surface area contributed by atoms with Crippen molar-refractivity contribution in [1.29, 1.82) is 0 Å². The van der Waals surface area contributed by atoms with Crippen LogP contribution in [0.25, 0.3) is 0 Å². The number of ether oxygens (including phenoxy) is 1. The number of carbonyl (C=O) groups is 1. The molecule has 0 atom stereocenters. The second-order valence-electron chi connectivity index (χ2n) is 4.18. The molecule has 0 spiro atoms. The van der Waals surface area contributed by atoms with Crippen LogP contribution >= 0.6 is 11.6 Å². The van der Waals surface area contributed by atoms with E-state index in [4.69, 9.17) is 16.3 Å². The molecule has 0 saturated carbocycles. The van der Waals surface area contributed by atoms with Gasteiger partial charge in [-0.15, -0.1) is 0 Å². The first-order chi connectivity index (χ1) is 8.78. The van der Waals surface area contributed by atoms with Gasteiger partial charge in [0.25, 0.3) is 0 Å². The second kappa shape index (κ2) is 6.77. The van der Waals surface area contributed by atoms with Gasteiger partial charge in [0.2, 0.25) is 15.9 Å². The summed E-state index contributed by atoms with van der Waals surface area (Å²) >= 11 is 5.97. The molecule has 0 aliphatic rings. The summed E-state index contributed by atoms with van der Waals surface area (Å²) in [5.41, 5.74) is 1.03. The largest absolute Gasteiger partial charge is 0.492 e. The molecule has 1 N–H and O–H groups in total. The van der Waals surface area contributed by atoms with E-state index < -0.39 is 15.9 Å². The van der Waals surface area contributed by atoms with Crippen LogP contribution in [0.3, 0.4) is 0 Å². The summed E-state index contributed by atoms with van der Waals surface area (Å²) in [6.45, 7) is 2.21. The van der Waals surface area contributed by atoms with Crippen molar-refractivity contribution in [2.45, 2.75) is 19.8 Å². The molecule has 0 unspecified atom stereocenters. The Morgan fingerprint density at radius 2 is 2.11 bits per heavy atom. The molecule has 0 radical (unpaired) electrons. The van der Waals surface area contributed by atoms with Crippen LogP contribution in [-0.2, 0) is 14.8 Å². The van der Waals surface area contributed by atoms with E-state index in [0.29, 0.717) is 23.8 Å². The van der Waals surface area contributed by atoms with Crippen molar-refractivity contribution in [2.75, 3.05) is 12.9 Å². The van der Waals surface area contributed by atoms with Crippen molar-refractivity contribution < 1.29 is 17.9 Å². The molecule has 7 heteroatoms. The van der Waals surface area contributed by atoms with Gasteiger partial charge in [0, 0.05) is 6.42 Å². The Hall–Kier alpha value is -1.27. The Kier molecular flexibility index (Phi) is 5.62. The molecule has 1 amide bonds. The third-order valence-corrected chi connectivity index (χ3v) is 3.09. The summed E-state index contributed by atoms with van der Waals surface area (Å²) in [7, 11) is -3.49. The Labute approximate surface area is 118 Å². The topological polar surface area (TPSA) is 72.5 Å². The van der Waals surface area contributed by atoms with Gasteiger partial charge in [-0.05, 0) is 31.0 Å². The monoisotopic (exact) mass is 305 g/mol. The first kappa shape index (κ1) is 15.8. The van der Waals surface area contributed by atoms with Gasteiger partial charge in [-0.1, -0.05) is 17.7 Å². The maximum atomic E-state index is 11.2. The molecule has 1 aromatic rings. The predicted molar refractivity (Wildman–Crippen MR) is 73.9 cm³/mol. The van der Waals surface area contributed by atoms with E-state index in [1.807, 2.05) is 17.7 Å². The van der Waals surface area contributed by atoms with Crippen molar-refractivity contribution in [3.63, 3.8) is 0 Å². The number of carbonyl (C=O) groups excluding carboxylic acids is 1. The molecule has 0 saturated heterocycles. The minimum absolute atomic E-state index is 0.0799. The standard InChI is InChI=1S/C12H16ClNO4S/c1-9-5-6-11(10(13)8-9)18-7-3-4-12(15)14-19(2,16)17/h5-6,8H,3-4,7H2,1-2H3,(H,14,15). The van der Waals surface area contributed by atoms with Gasteiger partial charge in [0.1, 0.15) is 5.75 Å². The third kappa shape index (κ3) is 6.45. The molecule has 0 heterocycles. The number of benzene rings is 1. The van der Waals surface area contributed by atoms with E-state index in [-0.39, 0.29) is 6.42 Å². The first-order valence-corrected chi connectivity index (χ1v) is 7.94. The Bertz CT molecular complexity index is 557. The fourth-order valence-electron chi connectivity index (χ4n) is 1.40. The quantitative estimate of drug-likeness (QED) is 0.815. The van der Waals surface area contributed by atoms with Crippen molar-refractivity contribution >= 4 is 27.5 Å². The van der Waals surface area contributed by atoms with E-state index in [9.17, 15) is 13.2 Å². The lowest BCUT2D eigenvalue weighted by Crippen LogP contribution is -2.29. The summed E-state index contributed by atoms with van der Waals surface area (Å²) < 4.78 is 28.9. The highest BCUT2D eigenvalue weighted by atomic mass is 35.5. The minimum atomic E-state index is -3.49. The highest BCUT2D eigenvalue weighted by Gasteiger charge is 2.08. The third-order valence-electron chi connectivity index (χ3n) is 2.19. The molecule has 0 aromatic heterocycles. The molecule has 0 aliphatic heterocycles. The number of aryl methyl sites for hydroxylation is 1. The van der Waals surface area contributed by atoms with Crippen molar-refractivity contribution in [2.24, 2.45) is 0 Å². The number of halogens is 1. The highest BCUT2D eigenvalue weighted by Crippen LogP contribution is 2.25. The summed E-state index contributed by atoms with van der Waals surface area (Å²) in [4.78, 5) is 11.2. The van der Waals surface area contributed by atoms with Crippen LogP contribution in [0.15, 0.2) is 18.2 Å². The van der Waals surface area contributed by atoms with E-state index in [2.05, 4.69) is 0 Å². The number of hydrogen-bond acceptors (Lipinski definition) is 4. The van der Waals surface area contributed by atoms with Gasteiger partial charge < -0.3 is 4.74 Å². The summed E-state index contributed by atoms with van der Waals surface area (Å²) in [5, 5.41) is 0.514. The Balaban J connectivity index is 2.33. The smallest absolute Gasteiger partial charge is 0.233 e. The van der Waals surface area contributed by atoms with Gasteiger partial charge >= 0.3 is 0 Å². The average Bonchev–Trinajstić information content (AvgIpc) is 2.24. The fourth-order valence-corrected chi connectivity index (χ4v) is 2.20. The molecule has 19 heavy (non-hydrogen) atoms. The second-order valence-corrected chi connectivity index (χ2v) is 6.34. The maximum Gasteiger partial charge on any atom is 0.233 e. The lowest BCUT2D eigenvalue weighted by atomic mass is 10.2. The number of rotatable bonds is 6. The summed E-state index contributed by atoms with van der Waals surface area (Å²) in [6, 6.07) is 5.42. The van der Waals surface area contributed by atoms with Crippen LogP contribution in [0.5, 0.6) is 5.75 Å². The van der Waals surface area contributed by atoms with Gasteiger partial charge in [-0.3, -0.25) is 9.52 Å². The minimum Gasteiger partial charge on any atom is -0.492 e. The lowest BCUT2D eigenvalue weighted by Gasteiger charge is -2.08. The fraction of sp³-hybridized carbons (Fsp3) is 0.417. The molecular weight excluding hydrogens is 290 g/mol. The molecule has 106 valence electrons. The van der Waals surface area contributed by atoms with Crippen LogP contribution in [0, 0.1) is 6.92 Å². The van der Waals surface area contributed by atoms with E-state index in [0.717, 1.165) is 11.8 Å². The number of nitrogens with one attached hydrogen (secondary N) is 1. The van der Waals surface area contributed by atoms with Crippen molar-refractivity contribution in [1.82, 2.24) is 4.72 Å². The normalized spacial score (nSPS) is 11.1. The Morgan fingerprint density at radius 1 is 1.42 bits per heavy atom. The molecule has 1 aromatic carbocycles. The SMILES string of the molecule is Cc1ccc(OCCCC(=O)NS(C)(=O)=O)c(Cl)c1. The zero-order valence-electron chi connectivity index (χ0n) is 10.8. The molecule has 1 rings (SSSR count). The van der Waals surface area contributed by atoms with E-state index >= 15 is 0 Å². The van der Waals surface area contributed by atoms with Crippen molar-refractivity contribution in [3.8, 4) is 5.75 Å². The van der Waals surface area contributed by atoms with E-state index in [1.165, 1.54) is 0 Å². The molecule has 0 aliphatic carbocycles. The van der Waals surface area contributed by atoms with Crippen LogP contribution in [0.2, 0.25) is 5.02 Å². The zero-order valence-corrected chi connectivity index (χ0v) is 12.3. The predicted octanol–water partition coefficient (Wildman–Crippen LogP) is 1.88. The van der Waals surface area contributed by atoms with Gasteiger partial charge in [-0.2, -0.15) is 0 Å². The van der Waals surface area contributed by atoms with Crippen LogP contribution in [-0.4, -0.2) is 27.2 Å². The zero-order chi connectivity index (χ0) is 14.5. The van der Waals surface area contributed by atoms with Gasteiger partial charge in [0.15, 0.2) is 0 Å². The van der Waals surface area contributed by atoms with E-state index in [1.54, 1.807) is 12.1 Å². The molecular formula is C12H16ClNO4S. The highest BCUT2D eigenvalue weighted by molar-refractivity contribution is 7.89. The molecule has 0 bridgehead atoms. The number of sulfonamides is 1. The molecule has 0 fully saturated rings.